The van der Waals surface area contributed by atoms with E-state index in [2.05, 4.69) is 22.8 Å². The predicted molar refractivity (Wildman–Crippen MR) is 95.5 cm³/mol. The van der Waals surface area contributed by atoms with Crippen LogP contribution in [0.15, 0.2) is 48.5 Å². The summed E-state index contributed by atoms with van der Waals surface area (Å²) < 4.78 is 10.5. The van der Waals surface area contributed by atoms with E-state index in [1.165, 1.54) is 5.56 Å². The number of hydrogen-bond acceptors (Lipinski definition) is 4. The molecule has 2 aromatic rings. The summed E-state index contributed by atoms with van der Waals surface area (Å²) in [5.74, 6) is 1.20. The zero-order chi connectivity index (χ0) is 17.4. The number of carbonyl (C=O) groups excluding carboxylic acids is 1. The van der Waals surface area contributed by atoms with Crippen LogP contribution in [0.2, 0.25) is 0 Å². The molecule has 2 aromatic carbocycles. The first kappa shape index (κ1) is 17.8. The lowest BCUT2D eigenvalue weighted by molar-refractivity contribution is -0.116. The number of nitrogens with one attached hydrogen (secondary N) is 2. The maximum Gasteiger partial charge on any atom is 0.226 e. The minimum absolute atomic E-state index is 0.0572. The first-order chi connectivity index (χ1) is 11.6. The van der Waals surface area contributed by atoms with Crippen molar-refractivity contribution in [3.8, 4) is 11.5 Å². The number of rotatable bonds is 8. The van der Waals surface area contributed by atoms with Gasteiger partial charge in [0.05, 0.1) is 19.9 Å². The molecule has 0 bridgehead atoms. The fourth-order valence-electron chi connectivity index (χ4n) is 2.35. The van der Waals surface area contributed by atoms with Gasteiger partial charge >= 0.3 is 0 Å². The van der Waals surface area contributed by atoms with Gasteiger partial charge in [0.2, 0.25) is 5.91 Å². The molecule has 0 heterocycles. The van der Waals surface area contributed by atoms with E-state index in [1.54, 1.807) is 32.4 Å². The van der Waals surface area contributed by atoms with Gasteiger partial charge in [-0.05, 0) is 24.6 Å². The maximum atomic E-state index is 12.3. The zero-order valence-corrected chi connectivity index (χ0v) is 14.3. The molecule has 0 saturated carbocycles. The molecule has 1 unspecified atom stereocenters. The van der Waals surface area contributed by atoms with Crippen molar-refractivity contribution in [1.82, 2.24) is 5.32 Å². The van der Waals surface area contributed by atoms with Gasteiger partial charge in [0.25, 0.3) is 0 Å². The largest absolute Gasteiger partial charge is 0.497 e. The lowest BCUT2D eigenvalue weighted by atomic mass is 10.2. The van der Waals surface area contributed by atoms with Crippen molar-refractivity contribution in [2.24, 2.45) is 0 Å². The van der Waals surface area contributed by atoms with Gasteiger partial charge in [-0.1, -0.05) is 30.3 Å². The van der Waals surface area contributed by atoms with Crippen molar-refractivity contribution in [2.45, 2.75) is 25.9 Å². The van der Waals surface area contributed by atoms with Gasteiger partial charge in [-0.3, -0.25) is 4.79 Å². The molecule has 128 valence electrons. The summed E-state index contributed by atoms with van der Waals surface area (Å²) in [6.45, 7) is 2.73. The highest BCUT2D eigenvalue weighted by atomic mass is 16.5. The second-order valence-electron chi connectivity index (χ2n) is 5.59. The average Bonchev–Trinajstić information content (AvgIpc) is 2.60. The summed E-state index contributed by atoms with van der Waals surface area (Å²) >= 11 is 0. The van der Waals surface area contributed by atoms with Gasteiger partial charge < -0.3 is 20.1 Å². The van der Waals surface area contributed by atoms with E-state index in [0.29, 0.717) is 23.6 Å². The highest BCUT2D eigenvalue weighted by Gasteiger charge is 2.12. The van der Waals surface area contributed by atoms with Crippen molar-refractivity contribution in [3.63, 3.8) is 0 Å². The number of carbonyl (C=O) groups is 1. The second-order valence-corrected chi connectivity index (χ2v) is 5.59. The lowest BCUT2D eigenvalue weighted by Crippen LogP contribution is -2.30. The van der Waals surface area contributed by atoms with Crippen LogP contribution in [0.4, 0.5) is 5.69 Å². The Labute approximate surface area is 143 Å². The Morgan fingerprint density at radius 3 is 2.50 bits per heavy atom. The van der Waals surface area contributed by atoms with Crippen LogP contribution < -0.4 is 20.1 Å². The molecule has 0 radical (unpaired) electrons. The van der Waals surface area contributed by atoms with E-state index < -0.39 is 0 Å². The smallest absolute Gasteiger partial charge is 0.226 e. The summed E-state index contributed by atoms with van der Waals surface area (Å²) in [4.78, 5) is 12.3. The van der Waals surface area contributed by atoms with Gasteiger partial charge in [-0.2, -0.15) is 0 Å². The van der Waals surface area contributed by atoms with E-state index in [0.717, 1.165) is 6.54 Å². The highest BCUT2D eigenvalue weighted by Crippen LogP contribution is 2.28. The van der Waals surface area contributed by atoms with Crippen LogP contribution in [0.25, 0.3) is 0 Å². The van der Waals surface area contributed by atoms with E-state index in [4.69, 9.17) is 9.47 Å². The van der Waals surface area contributed by atoms with E-state index in [1.807, 2.05) is 25.1 Å². The predicted octanol–water partition coefficient (Wildman–Crippen LogP) is 3.21. The Morgan fingerprint density at radius 2 is 1.83 bits per heavy atom. The third kappa shape index (κ3) is 5.28. The topological polar surface area (TPSA) is 59.6 Å². The minimum atomic E-state index is -0.0744. The minimum Gasteiger partial charge on any atom is -0.497 e. The first-order valence-electron chi connectivity index (χ1n) is 7.91. The molecular formula is C19H24N2O3. The molecule has 2 N–H and O–H groups in total. The van der Waals surface area contributed by atoms with Crippen LogP contribution in [0.1, 0.15) is 18.9 Å². The molecule has 1 amide bonds. The van der Waals surface area contributed by atoms with Crippen LogP contribution in [-0.4, -0.2) is 26.2 Å². The van der Waals surface area contributed by atoms with Gasteiger partial charge in [0.15, 0.2) is 0 Å². The molecule has 0 aliphatic rings. The normalized spacial score (nSPS) is 11.6. The van der Waals surface area contributed by atoms with Gasteiger partial charge in [0, 0.05) is 25.1 Å². The number of amides is 1. The first-order valence-corrected chi connectivity index (χ1v) is 7.91. The molecule has 0 aliphatic heterocycles. The standard InChI is InChI=1S/C19H24N2O3/c1-14(20-13-15-7-5-4-6-8-15)11-19(22)21-17-12-16(23-2)9-10-18(17)24-3/h4-10,12,14,20H,11,13H2,1-3H3,(H,21,22). The van der Waals surface area contributed by atoms with Crippen molar-refractivity contribution in [2.75, 3.05) is 19.5 Å². The number of ether oxygens (including phenoxy) is 2. The van der Waals surface area contributed by atoms with Gasteiger partial charge in [-0.15, -0.1) is 0 Å². The molecule has 5 heteroatoms. The fraction of sp³-hybridized carbons (Fsp3) is 0.316. The molecule has 0 fully saturated rings. The van der Waals surface area contributed by atoms with Crippen LogP contribution in [0, 0.1) is 0 Å². The molecule has 0 saturated heterocycles. The van der Waals surface area contributed by atoms with Crippen LogP contribution in [0.3, 0.4) is 0 Å². The van der Waals surface area contributed by atoms with Crippen molar-refractivity contribution >= 4 is 11.6 Å². The number of methoxy groups -OCH3 is 2. The third-order valence-electron chi connectivity index (χ3n) is 3.67. The number of hydrogen-bond donors (Lipinski definition) is 2. The van der Waals surface area contributed by atoms with E-state index >= 15 is 0 Å². The molecule has 1 atom stereocenters. The second kappa shape index (κ2) is 8.93. The SMILES string of the molecule is COc1ccc(OC)c(NC(=O)CC(C)NCc2ccccc2)c1. The zero-order valence-electron chi connectivity index (χ0n) is 14.3. The van der Waals surface area contributed by atoms with Crippen LogP contribution in [-0.2, 0) is 11.3 Å². The lowest BCUT2D eigenvalue weighted by Gasteiger charge is -2.15. The molecule has 0 aliphatic carbocycles. The third-order valence-corrected chi connectivity index (χ3v) is 3.67. The number of benzene rings is 2. The Hall–Kier alpha value is -2.53. The van der Waals surface area contributed by atoms with Gasteiger partial charge in [-0.25, -0.2) is 0 Å². The van der Waals surface area contributed by atoms with Crippen molar-refractivity contribution in [3.05, 3.63) is 54.1 Å². The molecule has 0 spiro atoms. The average molecular weight is 328 g/mol. The molecule has 2 rings (SSSR count). The monoisotopic (exact) mass is 328 g/mol. The Morgan fingerprint density at radius 1 is 1.08 bits per heavy atom. The molecule has 24 heavy (non-hydrogen) atoms. The Balaban J connectivity index is 1.88. The summed E-state index contributed by atoms with van der Waals surface area (Å²) in [6, 6.07) is 15.5. The summed E-state index contributed by atoms with van der Waals surface area (Å²) in [5.41, 5.74) is 1.80. The molecule has 0 aromatic heterocycles. The van der Waals surface area contributed by atoms with Crippen LogP contribution >= 0.6 is 0 Å². The summed E-state index contributed by atoms with van der Waals surface area (Å²) in [7, 11) is 3.16. The summed E-state index contributed by atoms with van der Waals surface area (Å²) in [5, 5.41) is 6.23. The quantitative estimate of drug-likeness (QED) is 0.781. The van der Waals surface area contributed by atoms with Gasteiger partial charge in [0.1, 0.15) is 11.5 Å². The molecule has 5 nitrogen and oxygen atoms in total. The van der Waals surface area contributed by atoms with Crippen LogP contribution in [0.5, 0.6) is 11.5 Å². The molecular weight excluding hydrogens is 304 g/mol. The fourth-order valence-corrected chi connectivity index (χ4v) is 2.35. The summed E-state index contributed by atoms with van der Waals surface area (Å²) in [6.07, 6.45) is 0.368. The van der Waals surface area contributed by atoms with E-state index in [9.17, 15) is 4.79 Å². The highest BCUT2D eigenvalue weighted by molar-refractivity contribution is 5.92. The Kier molecular flexibility index (Phi) is 6.63. The van der Waals surface area contributed by atoms with Crippen molar-refractivity contribution in [1.29, 1.82) is 0 Å². The Bertz CT molecular complexity index is 659. The van der Waals surface area contributed by atoms with Crippen molar-refractivity contribution < 1.29 is 14.3 Å². The number of anilines is 1. The maximum absolute atomic E-state index is 12.3. The van der Waals surface area contributed by atoms with E-state index in [-0.39, 0.29) is 11.9 Å².